The maximum atomic E-state index is 13.3. The van der Waals surface area contributed by atoms with Crippen LogP contribution >= 0.6 is 0 Å². The highest BCUT2D eigenvalue weighted by Crippen LogP contribution is 2.26. The van der Waals surface area contributed by atoms with Gasteiger partial charge in [0.15, 0.2) is 0 Å². The van der Waals surface area contributed by atoms with E-state index in [9.17, 15) is 14.0 Å². The van der Waals surface area contributed by atoms with Crippen LogP contribution < -0.4 is 5.73 Å². The van der Waals surface area contributed by atoms with Gasteiger partial charge < -0.3 is 20.3 Å². The van der Waals surface area contributed by atoms with Crippen LogP contribution in [0, 0.1) is 17.7 Å². The molecular weight excluding hydrogens is 385 g/mol. The summed E-state index contributed by atoms with van der Waals surface area (Å²) in [6.45, 7) is 7.69. The second kappa shape index (κ2) is 9.33. The summed E-state index contributed by atoms with van der Waals surface area (Å²) in [5, 5.41) is 0. The van der Waals surface area contributed by atoms with Crippen molar-refractivity contribution in [3.63, 3.8) is 0 Å². The number of hydrogen-bond donors (Lipinski definition) is 1. The zero-order valence-corrected chi connectivity index (χ0v) is 18.3. The van der Waals surface area contributed by atoms with E-state index in [0.29, 0.717) is 38.5 Å². The third-order valence-electron chi connectivity index (χ3n) is 5.90. The minimum Gasteiger partial charge on any atom is -0.444 e. The van der Waals surface area contributed by atoms with Crippen molar-refractivity contribution in [2.45, 2.75) is 58.1 Å². The summed E-state index contributed by atoms with van der Waals surface area (Å²) < 4.78 is 18.6. The highest BCUT2D eigenvalue weighted by molar-refractivity contribution is 5.81. The molecule has 0 aromatic heterocycles. The van der Waals surface area contributed by atoms with Crippen LogP contribution in [0.3, 0.4) is 0 Å². The molecule has 0 bridgehead atoms. The lowest BCUT2D eigenvalue weighted by Gasteiger charge is -2.41. The van der Waals surface area contributed by atoms with Crippen LogP contribution in [-0.2, 0) is 16.0 Å². The molecule has 2 aliphatic rings. The van der Waals surface area contributed by atoms with E-state index < -0.39 is 11.5 Å². The molecule has 3 rings (SSSR count). The van der Waals surface area contributed by atoms with Crippen molar-refractivity contribution in [1.29, 1.82) is 0 Å². The number of ether oxygens (including phenoxy) is 1. The van der Waals surface area contributed by atoms with E-state index in [1.54, 1.807) is 4.90 Å². The number of carbonyl (C=O) groups excluding carboxylic acids is 2. The molecule has 7 heteroatoms. The largest absolute Gasteiger partial charge is 0.444 e. The van der Waals surface area contributed by atoms with E-state index in [1.807, 2.05) is 37.8 Å². The number of nitrogens with zero attached hydrogens (tertiary/aromatic N) is 2. The van der Waals surface area contributed by atoms with Gasteiger partial charge in [-0.1, -0.05) is 12.1 Å². The predicted octanol–water partition coefficient (Wildman–Crippen LogP) is 3.19. The Kier molecular flexibility index (Phi) is 7.01. The Bertz CT molecular complexity index is 747. The number of piperidine rings is 2. The monoisotopic (exact) mass is 419 g/mol. The zero-order chi connectivity index (χ0) is 21.9. The molecule has 1 aromatic rings. The molecule has 2 saturated heterocycles. The Morgan fingerprint density at radius 3 is 2.47 bits per heavy atom. The number of hydrogen-bond acceptors (Lipinski definition) is 4. The van der Waals surface area contributed by atoms with Crippen LogP contribution in [0.5, 0.6) is 0 Å². The number of rotatable bonds is 3. The maximum Gasteiger partial charge on any atom is 0.410 e. The van der Waals surface area contributed by atoms with E-state index in [0.717, 1.165) is 24.8 Å². The molecule has 2 aliphatic heterocycles. The highest BCUT2D eigenvalue weighted by Gasteiger charge is 2.38. The van der Waals surface area contributed by atoms with E-state index in [-0.39, 0.29) is 23.9 Å². The number of likely N-dealkylation sites (tertiary alicyclic amines) is 2. The van der Waals surface area contributed by atoms with E-state index in [2.05, 4.69) is 0 Å². The third-order valence-corrected chi connectivity index (χ3v) is 5.90. The molecule has 166 valence electrons. The fourth-order valence-corrected chi connectivity index (χ4v) is 4.34. The molecule has 0 unspecified atom stereocenters. The molecule has 0 aliphatic carbocycles. The van der Waals surface area contributed by atoms with Crippen molar-refractivity contribution in [2.24, 2.45) is 17.6 Å². The van der Waals surface area contributed by atoms with Gasteiger partial charge in [-0.25, -0.2) is 9.18 Å². The molecule has 3 atom stereocenters. The van der Waals surface area contributed by atoms with Crippen LogP contribution in [-0.4, -0.2) is 59.6 Å². The zero-order valence-electron chi connectivity index (χ0n) is 18.3. The van der Waals surface area contributed by atoms with Crippen LogP contribution in [0.4, 0.5) is 9.18 Å². The molecule has 30 heavy (non-hydrogen) atoms. The van der Waals surface area contributed by atoms with Gasteiger partial charge in [-0.3, -0.25) is 4.79 Å². The lowest BCUT2D eigenvalue weighted by molar-refractivity contribution is -0.139. The Morgan fingerprint density at radius 1 is 1.10 bits per heavy atom. The van der Waals surface area contributed by atoms with Crippen molar-refractivity contribution in [3.8, 4) is 0 Å². The Balaban J connectivity index is 1.60. The first-order chi connectivity index (χ1) is 14.1. The summed E-state index contributed by atoms with van der Waals surface area (Å²) in [6.07, 6.45) is 3.00. The molecular formula is C23H34FN3O3. The molecule has 2 amide bonds. The predicted molar refractivity (Wildman–Crippen MR) is 113 cm³/mol. The van der Waals surface area contributed by atoms with Crippen LogP contribution in [0.1, 0.15) is 45.6 Å². The Labute approximate surface area is 178 Å². The van der Waals surface area contributed by atoms with E-state index >= 15 is 0 Å². The van der Waals surface area contributed by atoms with E-state index in [1.165, 1.54) is 12.1 Å². The van der Waals surface area contributed by atoms with Crippen molar-refractivity contribution >= 4 is 12.0 Å². The van der Waals surface area contributed by atoms with Gasteiger partial charge in [0.05, 0.1) is 5.92 Å². The molecule has 2 fully saturated rings. The summed E-state index contributed by atoms with van der Waals surface area (Å²) in [5.74, 6) is -0.273. The van der Waals surface area contributed by atoms with Crippen molar-refractivity contribution in [3.05, 3.63) is 35.6 Å². The fourth-order valence-electron chi connectivity index (χ4n) is 4.34. The number of nitrogens with two attached hydrogens (primary N) is 1. The molecule has 0 saturated carbocycles. The van der Waals surface area contributed by atoms with Crippen molar-refractivity contribution in [1.82, 2.24) is 9.80 Å². The average Bonchev–Trinajstić information content (AvgIpc) is 2.68. The van der Waals surface area contributed by atoms with Gasteiger partial charge in [-0.2, -0.15) is 0 Å². The SMILES string of the molecule is CC(C)(C)OC(=O)N1CC[C@@H](N)[C@@H](C(=O)N2CCC[C@@H](Cc3ccc(F)cc3)C2)C1. The molecule has 2 N–H and O–H groups in total. The van der Waals surface area contributed by atoms with Gasteiger partial charge in [0.25, 0.3) is 0 Å². The average molecular weight is 420 g/mol. The first-order valence-corrected chi connectivity index (χ1v) is 10.9. The third kappa shape index (κ3) is 5.94. The van der Waals surface area contributed by atoms with E-state index in [4.69, 9.17) is 10.5 Å². The number of carbonyl (C=O) groups is 2. The normalized spacial score (nSPS) is 25.2. The van der Waals surface area contributed by atoms with Gasteiger partial charge in [-0.15, -0.1) is 0 Å². The van der Waals surface area contributed by atoms with Gasteiger partial charge in [0.2, 0.25) is 5.91 Å². The lowest BCUT2D eigenvalue weighted by Crippen LogP contribution is -2.56. The topological polar surface area (TPSA) is 75.9 Å². The minimum atomic E-state index is -0.573. The molecule has 2 heterocycles. The fraction of sp³-hybridized carbons (Fsp3) is 0.652. The molecule has 1 aromatic carbocycles. The summed E-state index contributed by atoms with van der Waals surface area (Å²) in [7, 11) is 0. The summed E-state index contributed by atoms with van der Waals surface area (Å²) in [5.41, 5.74) is 6.80. The van der Waals surface area contributed by atoms with Gasteiger partial charge >= 0.3 is 6.09 Å². The maximum absolute atomic E-state index is 13.3. The Morgan fingerprint density at radius 2 is 1.80 bits per heavy atom. The smallest absolute Gasteiger partial charge is 0.410 e. The first-order valence-electron chi connectivity index (χ1n) is 10.9. The Hall–Kier alpha value is -2.15. The van der Waals surface area contributed by atoms with Crippen molar-refractivity contribution in [2.75, 3.05) is 26.2 Å². The van der Waals surface area contributed by atoms with Crippen LogP contribution in [0.15, 0.2) is 24.3 Å². The second-order valence-electron chi connectivity index (χ2n) is 9.61. The van der Waals surface area contributed by atoms with Gasteiger partial charge in [-0.05, 0) is 70.1 Å². The highest BCUT2D eigenvalue weighted by atomic mass is 19.1. The number of benzene rings is 1. The standard InChI is InChI=1S/C23H34FN3O3/c1-23(2,3)30-22(29)27-12-10-20(25)19(15-27)21(28)26-11-4-5-17(14-26)13-16-6-8-18(24)9-7-16/h6-9,17,19-20H,4-5,10-15,25H2,1-3H3/t17-,19-,20+/m0/s1. The first kappa shape index (κ1) is 22.5. The summed E-state index contributed by atoms with van der Waals surface area (Å²) in [4.78, 5) is 29.2. The van der Waals surface area contributed by atoms with Crippen LogP contribution in [0.2, 0.25) is 0 Å². The van der Waals surface area contributed by atoms with Gasteiger partial charge in [0.1, 0.15) is 11.4 Å². The number of halogens is 1. The quantitative estimate of drug-likeness (QED) is 0.816. The second-order valence-corrected chi connectivity index (χ2v) is 9.61. The molecule has 0 radical (unpaired) electrons. The minimum absolute atomic E-state index is 0.0274. The van der Waals surface area contributed by atoms with Gasteiger partial charge in [0, 0.05) is 32.2 Å². The molecule has 6 nitrogen and oxygen atoms in total. The van der Waals surface area contributed by atoms with Crippen LogP contribution in [0.25, 0.3) is 0 Å². The van der Waals surface area contributed by atoms with Crippen molar-refractivity contribution < 1.29 is 18.7 Å². The summed E-state index contributed by atoms with van der Waals surface area (Å²) >= 11 is 0. The summed E-state index contributed by atoms with van der Waals surface area (Å²) in [6, 6.07) is 6.33. The molecule has 0 spiro atoms. The lowest BCUT2D eigenvalue weighted by atomic mass is 9.88. The number of amides is 2.